The predicted molar refractivity (Wildman–Crippen MR) is 80.3 cm³/mol. The van der Waals surface area contributed by atoms with Crippen molar-refractivity contribution < 1.29 is 5.11 Å². The van der Waals surface area contributed by atoms with Gasteiger partial charge in [-0.25, -0.2) is 0 Å². The molecule has 4 heteroatoms. The number of halogens is 1. The van der Waals surface area contributed by atoms with E-state index in [1.165, 1.54) is 11.1 Å². The van der Waals surface area contributed by atoms with Crippen molar-refractivity contribution in [2.45, 2.75) is 40.3 Å². The lowest BCUT2D eigenvalue weighted by atomic mass is 9.96. The molecule has 0 amide bonds. The minimum Gasteiger partial charge on any atom is -0.382 e. The van der Waals surface area contributed by atoms with Crippen LogP contribution in [0, 0.1) is 20.8 Å². The Balaban J connectivity index is 2.52. The second-order valence-electron chi connectivity index (χ2n) is 4.89. The number of rotatable bonds is 3. The Bertz CT molecular complexity index is 604. The van der Waals surface area contributed by atoms with Gasteiger partial charge in [0.2, 0.25) is 0 Å². The molecule has 0 aliphatic rings. The van der Waals surface area contributed by atoms with Gasteiger partial charge < -0.3 is 5.11 Å². The molecular weight excluding hydrogens is 304 g/mol. The number of aryl methyl sites for hydroxylation is 4. The zero-order valence-corrected chi connectivity index (χ0v) is 13.3. The maximum absolute atomic E-state index is 10.7. The molecule has 1 atom stereocenters. The monoisotopic (exact) mass is 322 g/mol. The van der Waals surface area contributed by atoms with E-state index in [2.05, 4.69) is 47.0 Å². The molecule has 2 aromatic rings. The van der Waals surface area contributed by atoms with Crippen LogP contribution < -0.4 is 0 Å². The Labute approximate surface area is 122 Å². The lowest BCUT2D eigenvalue weighted by Crippen LogP contribution is -2.11. The second-order valence-corrected chi connectivity index (χ2v) is 5.74. The van der Waals surface area contributed by atoms with Crippen molar-refractivity contribution in [3.8, 4) is 0 Å². The van der Waals surface area contributed by atoms with Crippen molar-refractivity contribution >= 4 is 15.9 Å². The summed E-state index contributed by atoms with van der Waals surface area (Å²) >= 11 is 3.47. The number of hydrogen-bond acceptors (Lipinski definition) is 2. The molecule has 1 heterocycles. The van der Waals surface area contributed by atoms with Gasteiger partial charge in [-0.1, -0.05) is 12.1 Å². The number of aromatic nitrogens is 2. The first kappa shape index (κ1) is 14.3. The highest BCUT2D eigenvalue weighted by atomic mass is 79.9. The summed E-state index contributed by atoms with van der Waals surface area (Å²) in [5, 5.41) is 14.9. The third-order valence-electron chi connectivity index (χ3n) is 3.57. The molecule has 3 nitrogen and oxygen atoms in total. The van der Waals surface area contributed by atoms with Crippen LogP contribution in [0.5, 0.6) is 0 Å². The molecule has 0 spiro atoms. The number of nitrogens with zero attached hydrogens (tertiary/aromatic N) is 2. The molecule has 1 N–H and O–H groups in total. The lowest BCUT2D eigenvalue weighted by Gasteiger charge is -2.17. The molecule has 0 aliphatic carbocycles. The normalized spacial score (nSPS) is 12.7. The van der Waals surface area contributed by atoms with E-state index >= 15 is 0 Å². The van der Waals surface area contributed by atoms with Crippen LogP contribution >= 0.6 is 15.9 Å². The van der Waals surface area contributed by atoms with Gasteiger partial charge in [-0.3, -0.25) is 4.68 Å². The summed E-state index contributed by atoms with van der Waals surface area (Å²) in [7, 11) is 0. The second kappa shape index (κ2) is 5.47. The highest BCUT2D eigenvalue weighted by Crippen LogP contribution is 2.31. The molecule has 0 aliphatic heterocycles. The third-order valence-corrected chi connectivity index (χ3v) is 4.18. The molecule has 0 saturated heterocycles. The average molecular weight is 323 g/mol. The van der Waals surface area contributed by atoms with Gasteiger partial charge in [0.05, 0.1) is 16.4 Å². The van der Waals surface area contributed by atoms with Gasteiger partial charge in [-0.2, -0.15) is 5.10 Å². The van der Waals surface area contributed by atoms with Crippen LogP contribution in [0.3, 0.4) is 0 Å². The topological polar surface area (TPSA) is 38.0 Å². The highest BCUT2D eigenvalue weighted by Gasteiger charge is 2.21. The summed E-state index contributed by atoms with van der Waals surface area (Å²) in [5.74, 6) is 0. The van der Waals surface area contributed by atoms with Gasteiger partial charge in [0.25, 0.3) is 0 Å². The molecule has 1 aromatic heterocycles. The Morgan fingerprint density at radius 3 is 2.47 bits per heavy atom. The van der Waals surface area contributed by atoms with Crippen molar-refractivity contribution in [1.29, 1.82) is 0 Å². The van der Waals surface area contributed by atoms with Gasteiger partial charge in [0.1, 0.15) is 6.10 Å². The Hall–Kier alpha value is -1.13. The van der Waals surface area contributed by atoms with Crippen molar-refractivity contribution in [1.82, 2.24) is 9.78 Å². The van der Waals surface area contributed by atoms with Crippen LogP contribution in [0.4, 0.5) is 0 Å². The summed E-state index contributed by atoms with van der Waals surface area (Å²) in [5.41, 5.74) is 5.30. The fourth-order valence-electron chi connectivity index (χ4n) is 2.32. The molecular formula is C15H19BrN2O. The molecule has 1 aromatic carbocycles. The molecule has 1 unspecified atom stereocenters. The first-order valence-electron chi connectivity index (χ1n) is 6.42. The smallest absolute Gasteiger partial charge is 0.122 e. The molecule has 2 rings (SSSR count). The zero-order chi connectivity index (χ0) is 14.2. The van der Waals surface area contributed by atoms with E-state index in [1.54, 1.807) is 6.20 Å². The molecule has 0 bridgehead atoms. The maximum atomic E-state index is 10.7. The van der Waals surface area contributed by atoms with E-state index in [0.29, 0.717) is 0 Å². The molecule has 19 heavy (non-hydrogen) atoms. The summed E-state index contributed by atoms with van der Waals surface area (Å²) in [6, 6.07) is 4.18. The first-order chi connectivity index (χ1) is 8.95. The van der Waals surface area contributed by atoms with Gasteiger partial charge >= 0.3 is 0 Å². The van der Waals surface area contributed by atoms with E-state index < -0.39 is 6.10 Å². The standard InChI is InChI=1S/C15H19BrN2O/c1-5-18-14(13(16)8-17-18)15(19)12-7-10(3)9(2)6-11(12)4/h6-8,15,19H,5H2,1-4H3. The van der Waals surface area contributed by atoms with Crippen LogP contribution in [-0.2, 0) is 6.54 Å². The van der Waals surface area contributed by atoms with Crippen molar-refractivity contribution in [2.75, 3.05) is 0 Å². The number of benzene rings is 1. The molecule has 0 fully saturated rings. The van der Waals surface area contributed by atoms with Crippen LogP contribution in [0.1, 0.15) is 41.0 Å². The molecule has 102 valence electrons. The molecule has 0 saturated carbocycles. The summed E-state index contributed by atoms with van der Waals surface area (Å²) in [6.07, 6.45) is 1.08. The number of aliphatic hydroxyl groups excluding tert-OH is 1. The predicted octanol–water partition coefficient (Wildman–Crippen LogP) is 3.67. The van der Waals surface area contributed by atoms with Gasteiger partial charge in [0, 0.05) is 6.54 Å². The zero-order valence-electron chi connectivity index (χ0n) is 11.7. The first-order valence-corrected chi connectivity index (χ1v) is 7.22. The average Bonchev–Trinajstić information content (AvgIpc) is 2.74. The summed E-state index contributed by atoms with van der Waals surface area (Å²) in [4.78, 5) is 0. The van der Waals surface area contributed by atoms with Gasteiger partial charge in [-0.05, 0) is 65.9 Å². The summed E-state index contributed by atoms with van der Waals surface area (Å²) < 4.78 is 2.67. The number of hydrogen-bond donors (Lipinski definition) is 1. The minimum atomic E-state index is -0.656. The van der Waals surface area contributed by atoms with Crippen molar-refractivity contribution in [3.63, 3.8) is 0 Å². The Kier molecular flexibility index (Phi) is 4.11. The van der Waals surface area contributed by atoms with Crippen LogP contribution in [0.25, 0.3) is 0 Å². The largest absolute Gasteiger partial charge is 0.382 e. The fourth-order valence-corrected chi connectivity index (χ4v) is 2.83. The van der Waals surface area contributed by atoms with Crippen LogP contribution in [0.2, 0.25) is 0 Å². The highest BCUT2D eigenvalue weighted by molar-refractivity contribution is 9.10. The van der Waals surface area contributed by atoms with E-state index in [4.69, 9.17) is 0 Å². The quantitative estimate of drug-likeness (QED) is 0.936. The lowest BCUT2D eigenvalue weighted by molar-refractivity contribution is 0.206. The Morgan fingerprint density at radius 1 is 1.21 bits per heavy atom. The van der Waals surface area contributed by atoms with Crippen molar-refractivity contribution in [3.05, 3.63) is 50.8 Å². The number of aliphatic hydroxyl groups is 1. The fraction of sp³-hybridized carbons (Fsp3) is 0.400. The van der Waals surface area contributed by atoms with E-state index in [0.717, 1.165) is 27.8 Å². The van der Waals surface area contributed by atoms with Crippen LogP contribution in [-0.4, -0.2) is 14.9 Å². The van der Waals surface area contributed by atoms with E-state index in [9.17, 15) is 5.11 Å². The molecule has 0 radical (unpaired) electrons. The van der Waals surface area contributed by atoms with Crippen LogP contribution in [0.15, 0.2) is 22.8 Å². The minimum absolute atomic E-state index is 0.656. The third kappa shape index (κ3) is 2.60. The SMILES string of the molecule is CCn1ncc(Br)c1C(O)c1cc(C)c(C)cc1C. The van der Waals surface area contributed by atoms with Crippen molar-refractivity contribution in [2.24, 2.45) is 0 Å². The van der Waals surface area contributed by atoms with E-state index in [-0.39, 0.29) is 0 Å². The van der Waals surface area contributed by atoms with Gasteiger partial charge in [0.15, 0.2) is 0 Å². The van der Waals surface area contributed by atoms with Gasteiger partial charge in [-0.15, -0.1) is 0 Å². The summed E-state index contributed by atoms with van der Waals surface area (Å²) in [6.45, 7) is 8.94. The maximum Gasteiger partial charge on any atom is 0.122 e. The van der Waals surface area contributed by atoms with E-state index in [1.807, 2.05) is 18.5 Å². The Morgan fingerprint density at radius 2 is 1.84 bits per heavy atom.